The highest BCUT2D eigenvalue weighted by Crippen LogP contribution is 2.38. The van der Waals surface area contributed by atoms with E-state index < -0.39 is 0 Å². The molecule has 0 aromatic carbocycles. The molecule has 1 saturated carbocycles. The minimum absolute atomic E-state index is 0.0820. The van der Waals surface area contributed by atoms with Gasteiger partial charge in [0.15, 0.2) is 0 Å². The fourth-order valence-electron chi connectivity index (χ4n) is 3.80. The molecule has 4 nitrogen and oxygen atoms in total. The molecule has 0 radical (unpaired) electrons. The van der Waals surface area contributed by atoms with Crippen LogP contribution in [0, 0.1) is 5.92 Å². The second-order valence-corrected chi connectivity index (χ2v) is 6.70. The zero-order valence-corrected chi connectivity index (χ0v) is 13.1. The van der Waals surface area contributed by atoms with Crippen molar-refractivity contribution in [2.24, 2.45) is 5.92 Å². The summed E-state index contributed by atoms with van der Waals surface area (Å²) in [5.41, 5.74) is -0.0820. The van der Waals surface area contributed by atoms with Crippen molar-refractivity contribution in [2.45, 2.75) is 70.1 Å². The summed E-state index contributed by atoms with van der Waals surface area (Å²) in [6.45, 7) is 6.95. The van der Waals surface area contributed by atoms with E-state index in [0.717, 1.165) is 39.1 Å². The molecule has 2 aliphatic rings. The molecule has 1 aliphatic heterocycles. The van der Waals surface area contributed by atoms with Crippen molar-refractivity contribution in [3.8, 4) is 0 Å². The van der Waals surface area contributed by atoms with Gasteiger partial charge in [-0.1, -0.05) is 20.3 Å². The van der Waals surface area contributed by atoms with Crippen LogP contribution in [-0.2, 0) is 9.47 Å². The van der Waals surface area contributed by atoms with Gasteiger partial charge in [-0.25, -0.2) is 0 Å². The average molecular weight is 285 g/mol. The fourth-order valence-corrected chi connectivity index (χ4v) is 3.80. The lowest BCUT2D eigenvalue weighted by molar-refractivity contribution is 0.00746. The first-order valence-electron chi connectivity index (χ1n) is 8.24. The first-order valence-corrected chi connectivity index (χ1v) is 8.24. The SMILES string of the molecule is CC(C)NC1(CO)CCCC1CCOCC1CCCO1. The number of aliphatic hydroxyl groups is 1. The Bertz CT molecular complexity index is 279. The molecule has 1 saturated heterocycles. The average Bonchev–Trinajstić information content (AvgIpc) is 3.04. The molecular weight excluding hydrogens is 254 g/mol. The third-order valence-corrected chi connectivity index (χ3v) is 4.75. The predicted molar refractivity (Wildman–Crippen MR) is 79.8 cm³/mol. The Labute approximate surface area is 123 Å². The van der Waals surface area contributed by atoms with E-state index in [0.29, 0.717) is 18.1 Å². The second kappa shape index (κ2) is 7.74. The van der Waals surface area contributed by atoms with Crippen LogP contribution in [0.3, 0.4) is 0 Å². The molecule has 20 heavy (non-hydrogen) atoms. The molecule has 2 rings (SSSR count). The van der Waals surface area contributed by atoms with Gasteiger partial charge in [0.25, 0.3) is 0 Å². The van der Waals surface area contributed by atoms with Gasteiger partial charge in [-0.3, -0.25) is 0 Å². The van der Waals surface area contributed by atoms with Crippen LogP contribution in [0.1, 0.15) is 52.4 Å². The summed E-state index contributed by atoms with van der Waals surface area (Å²) in [6.07, 6.45) is 7.14. The van der Waals surface area contributed by atoms with Crippen molar-refractivity contribution in [3.63, 3.8) is 0 Å². The largest absolute Gasteiger partial charge is 0.394 e. The monoisotopic (exact) mass is 285 g/mol. The van der Waals surface area contributed by atoms with Crippen LogP contribution in [0.2, 0.25) is 0 Å². The van der Waals surface area contributed by atoms with Crippen LogP contribution in [0.15, 0.2) is 0 Å². The number of rotatable bonds is 8. The van der Waals surface area contributed by atoms with Crippen LogP contribution in [0.25, 0.3) is 0 Å². The molecule has 0 aromatic rings. The standard InChI is InChI=1S/C16H31NO3/c1-13(2)17-16(12-18)8-3-5-14(16)7-10-19-11-15-6-4-9-20-15/h13-15,17-18H,3-12H2,1-2H3. The summed E-state index contributed by atoms with van der Waals surface area (Å²) in [5.74, 6) is 0.527. The van der Waals surface area contributed by atoms with E-state index in [1.165, 1.54) is 19.3 Å². The van der Waals surface area contributed by atoms with Crippen molar-refractivity contribution in [2.75, 3.05) is 26.4 Å². The molecule has 3 atom stereocenters. The summed E-state index contributed by atoms with van der Waals surface area (Å²) in [5, 5.41) is 13.4. The molecule has 0 amide bonds. The van der Waals surface area contributed by atoms with Crippen molar-refractivity contribution in [3.05, 3.63) is 0 Å². The molecule has 118 valence electrons. The summed E-state index contributed by atoms with van der Waals surface area (Å²) in [6, 6.07) is 0.413. The molecule has 0 spiro atoms. The normalized spacial score (nSPS) is 34.2. The molecule has 2 N–H and O–H groups in total. The van der Waals surface area contributed by atoms with Crippen LogP contribution >= 0.6 is 0 Å². The highest BCUT2D eigenvalue weighted by Gasteiger charge is 2.42. The summed E-state index contributed by atoms with van der Waals surface area (Å²) >= 11 is 0. The van der Waals surface area contributed by atoms with Crippen LogP contribution in [0.4, 0.5) is 0 Å². The maximum atomic E-state index is 9.84. The lowest BCUT2D eigenvalue weighted by Crippen LogP contribution is -2.54. The van der Waals surface area contributed by atoms with Crippen molar-refractivity contribution in [1.82, 2.24) is 5.32 Å². The molecule has 3 unspecified atom stereocenters. The Balaban J connectivity index is 1.72. The molecule has 1 heterocycles. The molecular formula is C16H31NO3. The van der Waals surface area contributed by atoms with E-state index >= 15 is 0 Å². The third-order valence-electron chi connectivity index (χ3n) is 4.75. The van der Waals surface area contributed by atoms with Gasteiger partial charge in [0.1, 0.15) is 0 Å². The fraction of sp³-hybridized carbons (Fsp3) is 1.00. The van der Waals surface area contributed by atoms with Gasteiger partial charge < -0.3 is 19.9 Å². The van der Waals surface area contributed by atoms with E-state index in [1.54, 1.807) is 0 Å². The van der Waals surface area contributed by atoms with Gasteiger partial charge in [-0.15, -0.1) is 0 Å². The zero-order valence-electron chi connectivity index (χ0n) is 13.1. The number of ether oxygens (including phenoxy) is 2. The Morgan fingerprint density at radius 1 is 1.35 bits per heavy atom. The third kappa shape index (κ3) is 4.17. The van der Waals surface area contributed by atoms with E-state index in [2.05, 4.69) is 19.2 Å². The second-order valence-electron chi connectivity index (χ2n) is 6.70. The molecule has 2 fully saturated rings. The minimum atomic E-state index is -0.0820. The smallest absolute Gasteiger partial charge is 0.0809 e. The Kier molecular flexibility index (Phi) is 6.27. The Morgan fingerprint density at radius 3 is 2.85 bits per heavy atom. The van der Waals surface area contributed by atoms with Gasteiger partial charge in [0.2, 0.25) is 0 Å². The quantitative estimate of drug-likeness (QED) is 0.671. The Hall–Kier alpha value is -0.160. The number of hydrogen-bond donors (Lipinski definition) is 2. The van der Waals surface area contributed by atoms with E-state index in [9.17, 15) is 5.11 Å². The summed E-state index contributed by atoms with van der Waals surface area (Å²) in [7, 11) is 0. The first kappa shape index (κ1) is 16.2. The van der Waals surface area contributed by atoms with Crippen molar-refractivity contribution >= 4 is 0 Å². The maximum absolute atomic E-state index is 9.84. The van der Waals surface area contributed by atoms with Gasteiger partial charge in [0, 0.05) is 24.8 Å². The minimum Gasteiger partial charge on any atom is -0.394 e. The highest BCUT2D eigenvalue weighted by atomic mass is 16.5. The van der Waals surface area contributed by atoms with E-state index in [-0.39, 0.29) is 12.1 Å². The number of aliphatic hydroxyl groups excluding tert-OH is 1. The molecule has 0 bridgehead atoms. The summed E-state index contributed by atoms with van der Waals surface area (Å²) < 4.78 is 11.4. The van der Waals surface area contributed by atoms with E-state index in [4.69, 9.17) is 9.47 Å². The van der Waals surface area contributed by atoms with Gasteiger partial charge in [0.05, 0.1) is 19.3 Å². The van der Waals surface area contributed by atoms with E-state index in [1.807, 2.05) is 0 Å². The topological polar surface area (TPSA) is 50.7 Å². The lowest BCUT2D eigenvalue weighted by Gasteiger charge is -2.37. The molecule has 1 aliphatic carbocycles. The first-order chi connectivity index (χ1) is 9.66. The zero-order chi connectivity index (χ0) is 14.4. The van der Waals surface area contributed by atoms with Crippen LogP contribution in [0.5, 0.6) is 0 Å². The predicted octanol–water partition coefficient (Wildman–Crippen LogP) is 2.10. The van der Waals surface area contributed by atoms with Crippen LogP contribution < -0.4 is 5.32 Å². The van der Waals surface area contributed by atoms with Crippen molar-refractivity contribution < 1.29 is 14.6 Å². The van der Waals surface area contributed by atoms with Crippen LogP contribution in [-0.4, -0.2) is 49.2 Å². The Morgan fingerprint density at radius 2 is 2.20 bits per heavy atom. The maximum Gasteiger partial charge on any atom is 0.0809 e. The summed E-state index contributed by atoms with van der Waals surface area (Å²) in [4.78, 5) is 0. The van der Waals surface area contributed by atoms with Gasteiger partial charge in [-0.2, -0.15) is 0 Å². The molecule has 4 heteroatoms. The molecule has 0 aromatic heterocycles. The number of nitrogens with one attached hydrogen (secondary N) is 1. The van der Waals surface area contributed by atoms with Gasteiger partial charge in [-0.05, 0) is 38.0 Å². The number of hydrogen-bond acceptors (Lipinski definition) is 4. The highest BCUT2D eigenvalue weighted by molar-refractivity contribution is 4.99. The van der Waals surface area contributed by atoms with Gasteiger partial charge >= 0.3 is 0 Å². The van der Waals surface area contributed by atoms with Crippen molar-refractivity contribution in [1.29, 1.82) is 0 Å². The lowest BCUT2D eigenvalue weighted by atomic mass is 9.85.